The van der Waals surface area contributed by atoms with Crippen LogP contribution in [0.2, 0.25) is 0 Å². The van der Waals surface area contributed by atoms with Crippen LogP contribution in [0.25, 0.3) is 0 Å². The van der Waals surface area contributed by atoms with Crippen LogP contribution in [0, 0.1) is 6.92 Å². The summed E-state index contributed by atoms with van der Waals surface area (Å²) >= 11 is 0. The molecule has 0 bridgehead atoms. The minimum Gasteiger partial charge on any atom is -0.357 e. The van der Waals surface area contributed by atoms with Crippen molar-refractivity contribution >= 4 is 16.0 Å². The molecule has 0 saturated carbocycles. The van der Waals surface area contributed by atoms with E-state index in [2.05, 4.69) is 40.7 Å². The SMILES string of the molecule is CCNC(=NCc1cccc(C)c1)NCCCN(CC)S(C)(=O)=O. The second-order valence-electron chi connectivity index (χ2n) is 5.72. The Balaban J connectivity index is 2.49. The smallest absolute Gasteiger partial charge is 0.211 e. The minimum absolute atomic E-state index is 0.500. The first-order valence-corrected chi connectivity index (χ1v) is 10.2. The summed E-state index contributed by atoms with van der Waals surface area (Å²) in [5.41, 5.74) is 2.39. The lowest BCUT2D eigenvalue weighted by Gasteiger charge is -2.18. The molecule has 2 N–H and O–H groups in total. The van der Waals surface area contributed by atoms with Crippen molar-refractivity contribution in [1.29, 1.82) is 0 Å². The standard InChI is InChI=1S/C17H30N4O2S/c1-5-18-17(20-14-16-10-7-9-15(3)13-16)19-11-8-12-21(6-2)24(4,22)23/h7,9-10,13H,5-6,8,11-12,14H2,1-4H3,(H2,18,19,20). The second-order valence-corrected chi connectivity index (χ2v) is 7.70. The van der Waals surface area contributed by atoms with E-state index in [1.165, 1.54) is 21.7 Å². The largest absolute Gasteiger partial charge is 0.357 e. The van der Waals surface area contributed by atoms with Crippen LogP contribution in [0.1, 0.15) is 31.4 Å². The Morgan fingerprint density at radius 1 is 1.25 bits per heavy atom. The molecule has 0 unspecified atom stereocenters. The zero-order valence-corrected chi connectivity index (χ0v) is 16.0. The van der Waals surface area contributed by atoms with Gasteiger partial charge in [0.1, 0.15) is 0 Å². The number of nitrogens with one attached hydrogen (secondary N) is 2. The minimum atomic E-state index is -3.12. The van der Waals surface area contributed by atoms with Crippen LogP contribution in [0.5, 0.6) is 0 Å². The molecule has 0 atom stereocenters. The molecule has 0 aliphatic heterocycles. The number of hydrogen-bond donors (Lipinski definition) is 2. The summed E-state index contributed by atoms with van der Waals surface area (Å²) < 4.78 is 24.6. The van der Waals surface area contributed by atoms with Crippen molar-refractivity contribution in [2.45, 2.75) is 33.7 Å². The van der Waals surface area contributed by atoms with E-state index in [1.54, 1.807) is 0 Å². The van der Waals surface area contributed by atoms with Crippen molar-refractivity contribution in [1.82, 2.24) is 14.9 Å². The summed E-state index contributed by atoms with van der Waals surface area (Å²) in [6.07, 6.45) is 1.98. The van der Waals surface area contributed by atoms with Gasteiger partial charge in [-0.2, -0.15) is 0 Å². The molecule has 1 rings (SSSR count). The molecule has 136 valence electrons. The van der Waals surface area contributed by atoms with Gasteiger partial charge in [0, 0.05) is 26.2 Å². The Morgan fingerprint density at radius 2 is 2.00 bits per heavy atom. The Kier molecular flexibility index (Phi) is 8.78. The van der Waals surface area contributed by atoms with Gasteiger partial charge in [0.15, 0.2) is 5.96 Å². The zero-order chi connectivity index (χ0) is 18.0. The summed E-state index contributed by atoms with van der Waals surface area (Å²) in [5, 5.41) is 6.46. The first kappa shape index (κ1) is 20.4. The summed E-state index contributed by atoms with van der Waals surface area (Å²) in [5.74, 6) is 0.751. The molecule has 0 radical (unpaired) electrons. The molecule has 0 saturated heterocycles. The van der Waals surface area contributed by atoms with Crippen LogP contribution in [-0.2, 0) is 16.6 Å². The highest BCUT2D eigenvalue weighted by Gasteiger charge is 2.13. The Bertz CT molecular complexity index is 629. The van der Waals surface area contributed by atoms with Crippen LogP contribution in [0.15, 0.2) is 29.3 Å². The highest BCUT2D eigenvalue weighted by atomic mass is 32.2. The molecule has 0 spiro atoms. The number of sulfonamides is 1. The van der Waals surface area contributed by atoms with Crippen molar-refractivity contribution < 1.29 is 8.42 Å². The molecular formula is C17H30N4O2S. The molecule has 6 nitrogen and oxygen atoms in total. The fourth-order valence-corrected chi connectivity index (χ4v) is 3.27. The maximum Gasteiger partial charge on any atom is 0.211 e. The van der Waals surface area contributed by atoms with Gasteiger partial charge in [0.2, 0.25) is 10.0 Å². The van der Waals surface area contributed by atoms with Gasteiger partial charge in [-0.05, 0) is 25.8 Å². The first-order chi connectivity index (χ1) is 11.4. The summed E-state index contributed by atoms with van der Waals surface area (Å²) in [4.78, 5) is 4.57. The molecule has 1 aromatic carbocycles. The fourth-order valence-electron chi connectivity index (χ4n) is 2.34. The van der Waals surface area contributed by atoms with Crippen molar-refractivity contribution in [3.8, 4) is 0 Å². The predicted octanol–water partition coefficient (Wildman–Crippen LogP) is 1.72. The Labute approximate surface area is 146 Å². The monoisotopic (exact) mass is 354 g/mol. The number of hydrogen-bond acceptors (Lipinski definition) is 3. The van der Waals surface area contributed by atoms with E-state index in [9.17, 15) is 8.42 Å². The van der Waals surface area contributed by atoms with Crippen molar-refractivity contribution in [3.05, 3.63) is 35.4 Å². The lowest BCUT2D eigenvalue weighted by atomic mass is 10.1. The molecule has 0 heterocycles. The molecule has 0 aromatic heterocycles. The molecule has 7 heteroatoms. The third kappa shape index (κ3) is 7.79. The Hall–Kier alpha value is -1.60. The molecule has 1 aromatic rings. The van der Waals surface area contributed by atoms with Crippen LogP contribution in [-0.4, -0.2) is 51.1 Å². The van der Waals surface area contributed by atoms with Crippen LogP contribution < -0.4 is 10.6 Å². The van der Waals surface area contributed by atoms with Gasteiger partial charge in [-0.1, -0.05) is 36.8 Å². The fraction of sp³-hybridized carbons (Fsp3) is 0.588. The van der Waals surface area contributed by atoms with E-state index in [1.807, 2.05) is 19.9 Å². The van der Waals surface area contributed by atoms with E-state index in [4.69, 9.17) is 0 Å². The van der Waals surface area contributed by atoms with E-state index in [0.717, 1.165) is 18.9 Å². The van der Waals surface area contributed by atoms with E-state index in [-0.39, 0.29) is 0 Å². The maximum atomic E-state index is 11.5. The van der Waals surface area contributed by atoms with Gasteiger partial charge in [0.25, 0.3) is 0 Å². The summed E-state index contributed by atoms with van der Waals surface area (Å²) in [6, 6.07) is 8.28. The number of aliphatic imine (C=N–C) groups is 1. The van der Waals surface area contributed by atoms with Gasteiger partial charge >= 0.3 is 0 Å². The van der Waals surface area contributed by atoms with Crippen LogP contribution in [0.3, 0.4) is 0 Å². The summed E-state index contributed by atoms with van der Waals surface area (Å²) in [7, 11) is -3.12. The molecule has 24 heavy (non-hydrogen) atoms. The number of rotatable bonds is 9. The Morgan fingerprint density at radius 3 is 2.58 bits per heavy atom. The molecule has 0 aliphatic rings. The van der Waals surface area contributed by atoms with Crippen LogP contribution in [0.4, 0.5) is 0 Å². The first-order valence-electron chi connectivity index (χ1n) is 8.39. The normalized spacial score (nSPS) is 12.5. The van der Waals surface area contributed by atoms with Crippen molar-refractivity contribution in [2.24, 2.45) is 4.99 Å². The molecule has 0 aliphatic carbocycles. The van der Waals surface area contributed by atoms with Gasteiger partial charge in [-0.3, -0.25) is 0 Å². The summed E-state index contributed by atoms with van der Waals surface area (Å²) in [6.45, 7) is 9.02. The zero-order valence-electron chi connectivity index (χ0n) is 15.2. The third-order valence-electron chi connectivity index (χ3n) is 3.54. The average molecular weight is 355 g/mol. The van der Waals surface area contributed by atoms with E-state index < -0.39 is 10.0 Å². The number of guanidine groups is 1. The highest BCUT2D eigenvalue weighted by Crippen LogP contribution is 2.05. The number of nitrogens with zero attached hydrogens (tertiary/aromatic N) is 2. The number of benzene rings is 1. The maximum absolute atomic E-state index is 11.5. The van der Waals surface area contributed by atoms with E-state index >= 15 is 0 Å². The van der Waals surface area contributed by atoms with Crippen LogP contribution >= 0.6 is 0 Å². The number of aryl methyl sites for hydroxylation is 1. The van der Waals surface area contributed by atoms with Gasteiger partial charge in [-0.25, -0.2) is 17.7 Å². The van der Waals surface area contributed by atoms with Gasteiger partial charge < -0.3 is 10.6 Å². The third-order valence-corrected chi connectivity index (χ3v) is 4.92. The lowest BCUT2D eigenvalue weighted by molar-refractivity contribution is 0.424. The highest BCUT2D eigenvalue weighted by molar-refractivity contribution is 7.88. The van der Waals surface area contributed by atoms with Crippen molar-refractivity contribution in [3.63, 3.8) is 0 Å². The van der Waals surface area contributed by atoms with Crippen molar-refractivity contribution in [2.75, 3.05) is 32.4 Å². The average Bonchev–Trinajstić information content (AvgIpc) is 2.51. The van der Waals surface area contributed by atoms with E-state index in [0.29, 0.717) is 26.2 Å². The molecule has 0 fully saturated rings. The molecular weight excluding hydrogens is 324 g/mol. The second kappa shape index (κ2) is 10.3. The quantitative estimate of drug-likeness (QED) is 0.402. The van der Waals surface area contributed by atoms with Gasteiger partial charge in [-0.15, -0.1) is 0 Å². The molecule has 0 amide bonds. The topological polar surface area (TPSA) is 73.8 Å². The van der Waals surface area contributed by atoms with Gasteiger partial charge in [0.05, 0.1) is 12.8 Å². The predicted molar refractivity (Wildman–Crippen MR) is 101 cm³/mol. The lowest BCUT2D eigenvalue weighted by Crippen LogP contribution is -2.39.